The summed E-state index contributed by atoms with van der Waals surface area (Å²) in [6, 6.07) is 6.80. The molecule has 2 unspecified atom stereocenters. The van der Waals surface area contributed by atoms with Crippen LogP contribution in [0.1, 0.15) is 13.8 Å². The maximum Gasteiger partial charge on any atom is 0.537 e. The van der Waals surface area contributed by atoms with E-state index in [2.05, 4.69) is 4.43 Å². The molecule has 0 saturated carbocycles. The molecule has 0 heterocycles. The lowest BCUT2D eigenvalue weighted by Crippen LogP contribution is -2.63. The summed E-state index contributed by atoms with van der Waals surface area (Å²) in [5, 5.41) is -0.154. The summed E-state index contributed by atoms with van der Waals surface area (Å²) < 4.78 is 73.2. The van der Waals surface area contributed by atoms with Gasteiger partial charge in [0, 0.05) is 11.3 Å². The summed E-state index contributed by atoms with van der Waals surface area (Å²) in [6.07, 6.45) is -6.39. The monoisotopic (exact) mass is 330 g/mol. The van der Waals surface area contributed by atoms with Crippen LogP contribution >= 0.6 is 0 Å². The van der Waals surface area contributed by atoms with Crippen molar-refractivity contribution < 1.29 is 35.6 Å². The molecule has 1 rings (SSSR count). The molecular formula is C12H15F5O3Si. The first-order valence-corrected chi connectivity index (χ1v) is 7.78. The Kier molecular flexibility index (Phi) is 5.48. The van der Waals surface area contributed by atoms with Gasteiger partial charge in [0.15, 0.2) is 6.67 Å². The zero-order valence-corrected chi connectivity index (χ0v) is 12.3. The molecule has 2 atom stereocenters. The van der Waals surface area contributed by atoms with E-state index in [4.69, 9.17) is 4.43 Å². The van der Waals surface area contributed by atoms with Gasteiger partial charge in [-0.15, -0.1) is 0 Å². The second-order valence-electron chi connectivity index (χ2n) is 4.58. The second-order valence-corrected chi connectivity index (χ2v) is 6.76. The molecule has 120 valence electrons. The van der Waals surface area contributed by atoms with E-state index in [1.54, 1.807) is 0 Å². The molecular weight excluding hydrogens is 315 g/mol. The smallest absolute Gasteiger partial charge is 0.386 e. The Labute approximate surface area is 119 Å². The van der Waals surface area contributed by atoms with Crippen LogP contribution in [0, 0.1) is 0 Å². The van der Waals surface area contributed by atoms with Crippen LogP contribution in [0.5, 0.6) is 0 Å². The van der Waals surface area contributed by atoms with Crippen molar-refractivity contribution in [3.05, 3.63) is 30.3 Å². The third-order valence-electron chi connectivity index (χ3n) is 2.43. The standard InChI is InChI=1S/C12H15F5O3Si/c1-9(2)19-21(18,10-6-4-3-5-7-10)20-11(14,8-13)12(15,16)17/h3-7,9,18H,8H2,1-2H3. The van der Waals surface area contributed by atoms with Crippen LogP contribution < -0.4 is 5.19 Å². The highest BCUT2D eigenvalue weighted by molar-refractivity contribution is 6.74. The minimum Gasteiger partial charge on any atom is -0.386 e. The summed E-state index contributed by atoms with van der Waals surface area (Å²) in [5.74, 6) is -4.63. The van der Waals surface area contributed by atoms with E-state index in [0.717, 1.165) is 0 Å². The molecule has 0 bridgehead atoms. The van der Waals surface area contributed by atoms with Gasteiger partial charge >= 0.3 is 20.8 Å². The lowest BCUT2D eigenvalue weighted by atomic mass is 10.3. The van der Waals surface area contributed by atoms with Crippen LogP contribution in [0.4, 0.5) is 22.0 Å². The Morgan fingerprint density at radius 1 is 1.14 bits per heavy atom. The molecule has 0 aliphatic rings. The van der Waals surface area contributed by atoms with Gasteiger partial charge in [-0.2, -0.15) is 17.6 Å². The molecule has 3 nitrogen and oxygen atoms in total. The van der Waals surface area contributed by atoms with Crippen LogP contribution in [-0.4, -0.2) is 38.4 Å². The van der Waals surface area contributed by atoms with Gasteiger partial charge in [-0.05, 0) is 13.8 Å². The van der Waals surface area contributed by atoms with Crippen LogP contribution in [0.15, 0.2) is 30.3 Å². The zero-order chi connectivity index (χ0) is 16.3. The van der Waals surface area contributed by atoms with E-state index < -0.39 is 33.6 Å². The van der Waals surface area contributed by atoms with Crippen LogP contribution in [0.25, 0.3) is 0 Å². The van der Waals surface area contributed by atoms with Crippen molar-refractivity contribution in [1.29, 1.82) is 0 Å². The van der Waals surface area contributed by atoms with Gasteiger partial charge in [0.1, 0.15) is 0 Å². The van der Waals surface area contributed by atoms with Crippen LogP contribution in [0.2, 0.25) is 0 Å². The first kappa shape index (κ1) is 18.0. The predicted molar refractivity (Wildman–Crippen MR) is 67.2 cm³/mol. The van der Waals surface area contributed by atoms with Gasteiger partial charge in [-0.25, -0.2) is 4.39 Å². The summed E-state index contributed by atoms with van der Waals surface area (Å²) in [6.45, 7) is 0.362. The molecule has 0 aromatic heterocycles. The van der Waals surface area contributed by atoms with Crippen molar-refractivity contribution in [2.24, 2.45) is 0 Å². The molecule has 0 radical (unpaired) electrons. The van der Waals surface area contributed by atoms with Gasteiger partial charge in [-0.1, -0.05) is 30.3 Å². The summed E-state index contributed by atoms with van der Waals surface area (Å²) in [7, 11) is -4.79. The molecule has 1 N–H and O–H groups in total. The fraction of sp³-hybridized carbons (Fsp3) is 0.500. The maximum atomic E-state index is 13.7. The Morgan fingerprint density at radius 3 is 2.05 bits per heavy atom. The highest BCUT2D eigenvalue weighted by atomic mass is 28.4. The first-order valence-electron chi connectivity index (χ1n) is 6.01. The van der Waals surface area contributed by atoms with E-state index in [1.807, 2.05) is 0 Å². The van der Waals surface area contributed by atoms with Crippen LogP contribution in [-0.2, 0) is 8.85 Å². The highest BCUT2D eigenvalue weighted by Gasteiger charge is 2.63. The number of alkyl halides is 5. The summed E-state index contributed by atoms with van der Waals surface area (Å²) in [4.78, 5) is 10.3. The number of benzene rings is 1. The SMILES string of the molecule is CC(C)O[Si](O)(OC(F)(CF)C(F)(F)F)c1ccccc1. The van der Waals surface area contributed by atoms with Gasteiger partial charge in [-0.3, -0.25) is 0 Å². The van der Waals surface area contributed by atoms with E-state index >= 15 is 0 Å². The van der Waals surface area contributed by atoms with E-state index in [-0.39, 0.29) is 5.19 Å². The lowest BCUT2D eigenvalue weighted by Gasteiger charge is -2.34. The normalized spacial score (nSPS) is 18.3. The van der Waals surface area contributed by atoms with E-state index in [9.17, 15) is 26.7 Å². The largest absolute Gasteiger partial charge is 0.537 e. The van der Waals surface area contributed by atoms with Gasteiger partial charge in [0.2, 0.25) is 0 Å². The molecule has 0 fully saturated rings. The molecule has 1 aromatic carbocycles. The minimum atomic E-state index is -5.64. The molecule has 0 aliphatic carbocycles. The fourth-order valence-electron chi connectivity index (χ4n) is 1.50. The number of halogens is 5. The van der Waals surface area contributed by atoms with Crippen molar-refractivity contribution in [2.75, 3.05) is 6.67 Å². The van der Waals surface area contributed by atoms with Gasteiger partial charge in [0.05, 0.1) is 0 Å². The van der Waals surface area contributed by atoms with Gasteiger partial charge in [0.25, 0.3) is 0 Å². The molecule has 9 heteroatoms. The van der Waals surface area contributed by atoms with Crippen LogP contribution in [0.3, 0.4) is 0 Å². The average Bonchev–Trinajstić information content (AvgIpc) is 2.37. The Hall–Kier alpha value is -1.03. The quantitative estimate of drug-likeness (QED) is 0.643. The van der Waals surface area contributed by atoms with Crippen molar-refractivity contribution in [3.63, 3.8) is 0 Å². The number of rotatable bonds is 6. The molecule has 21 heavy (non-hydrogen) atoms. The molecule has 1 aromatic rings. The van der Waals surface area contributed by atoms with Crippen molar-refractivity contribution in [1.82, 2.24) is 0 Å². The third-order valence-corrected chi connectivity index (χ3v) is 4.88. The first-order chi connectivity index (χ1) is 9.54. The zero-order valence-electron chi connectivity index (χ0n) is 11.3. The van der Waals surface area contributed by atoms with Crippen molar-refractivity contribution >= 4 is 14.0 Å². The molecule has 0 amide bonds. The van der Waals surface area contributed by atoms with Crippen molar-refractivity contribution in [2.45, 2.75) is 32.0 Å². The third kappa shape index (κ3) is 4.22. The Balaban J connectivity index is 3.21. The molecule has 0 aliphatic heterocycles. The van der Waals surface area contributed by atoms with E-state index in [0.29, 0.717) is 0 Å². The number of hydrogen-bond donors (Lipinski definition) is 1. The Bertz CT molecular complexity index is 456. The summed E-state index contributed by atoms with van der Waals surface area (Å²) in [5.41, 5.74) is 0. The number of hydrogen-bond acceptors (Lipinski definition) is 3. The highest BCUT2D eigenvalue weighted by Crippen LogP contribution is 2.37. The molecule has 0 saturated heterocycles. The van der Waals surface area contributed by atoms with Crippen molar-refractivity contribution in [3.8, 4) is 0 Å². The summed E-state index contributed by atoms with van der Waals surface area (Å²) >= 11 is 0. The average molecular weight is 330 g/mol. The predicted octanol–water partition coefficient (Wildman–Crippen LogP) is 2.46. The Morgan fingerprint density at radius 2 is 1.67 bits per heavy atom. The van der Waals surface area contributed by atoms with Gasteiger partial charge < -0.3 is 13.6 Å². The lowest BCUT2D eigenvalue weighted by molar-refractivity contribution is -0.317. The fourth-order valence-corrected chi connectivity index (χ4v) is 3.66. The molecule has 0 spiro atoms. The topological polar surface area (TPSA) is 38.7 Å². The van der Waals surface area contributed by atoms with E-state index in [1.165, 1.54) is 44.2 Å². The maximum absolute atomic E-state index is 13.7. The second kappa shape index (κ2) is 6.38. The minimum absolute atomic E-state index is 0.154.